The third-order valence-electron chi connectivity index (χ3n) is 4.93. The number of fused-ring (bicyclic) bond motifs is 1. The molecule has 1 aliphatic carbocycles. The van der Waals surface area contributed by atoms with Crippen molar-refractivity contribution >= 4 is 21.7 Å². The van der Waals surface area contributed by atoms with Gasteiger partial charge in [-0.05, 0) is 12.8 Å². The average Bonchev–Trinajstić information content (AvgIpc) is 3.08. The highest BCUT2D eigenvalue weighted by atomic mass is 32.2. The van der Waals surface area contributed by atoms with Gasteiger partial charge in [-0.1, -0.05) is 13.8 Å². The lowest BCUT2D eigenvalue weighted by Crippen LogP contribution is -2.64. The number of hydrogen-bond donors (Lipinski definition) is 1. The topological polar surface area (TPSA) is 101 Å². The summed E-state index contributed by atoms with van der Waals surface area (Å²) in [5.41, 5.74) is 5.19. The molecule has 0 aromatic heterocycles. The number of carbonyl (C=O) groups excluding carboxylic acids is 2. The maximum absolute atomic E-state index is 12.5. The van der Waals surface area contributed by atoms with Crippen LogP contribution in [0.5, 0.6) is 0 Å². The highest BCUT2D eigenvalue weighted by Gasteiger charge is 2.55. The van der Waals surface area contributed by atoms with Gasteiger partial charge in [0, 0.05) is 19.0 Å². The molecule has 0 spiro atoms. The van der Waals surface area contributed by atoms with E-state index in [2.05, 4.69) is 0 Å². The number of nitrogens with two attached hydrogens (primary N) is 1. The quantitative estimate of drug-likeness (QED) is 0.698. The molecule has 2 saturated heterocycles. The summed E-state index contributed by atoms with van der Waals surface area (Å²) in [6.45, 7) is 4.36. The molecule has 124 valence electrons. The van der Waals surface area contributed by atoms with E-state index in [0.29, 0.717) is 25.9 Å². The Labute approximate surface area is 130 Å². The van der Waals surface area contributed by atoms with Gasteiger partial charge in [0.05, 0.1) is 29.1 Å². The molecule has 2 amide bonds. The van der Waals surface area contributed by atoms with Gasteiger partial charge in [-0.2, -0.15) is 0 Å². The van der Waals surface area contributed by atoms with Crippen LogP contribution < -0.4 is 5.73 Å². The first-order chi connectivity index (χ1) is 10.1. The van der Waals surface area contributed by atoms with E-state index in [4.69, 9.17) is 5.73 Å². The van der Waals surface area contributed by atoms with Crippen LogP contribution in [-0.4, -0.2) is 72.2 Å². The van der Waals surface area contributed by atoms with Gasteiger partial charge < -0.3 is 15.5 Å². The molecule has 8 heteroatoms. The van der Waals surface area contributed by atoms with E-state index < -0.39 is 27.5 Å². The standard InChI is InChI=1S/C14H23N3O4S/c1-9(2)12(18)16-5-6-17(13(19)14(15)3-4-14)11-8-22(20,21)7-10(11)16/h9-11H,3-8,15H2,1-2H3/t10-,11+/m0/s1. The van der Waals surface area contributed by atoms with Crippen LogP contribution in [0.15, 0.2) is 0 Å². The van der Waals surface area contributed by atoms with Gasteiger partial charge in [-0.3, -0.25) is 9.59 Å². The van der Waals surface area contributed by atoms with Gasteiger partial charge in [0.15, 0.2) is 9.84 Å². The number of rotatable bonds is 2. The van der Waals surface area contributed by atoms with Gasteiger partial charge in [0.25, 0.3) is 0 Å². The fraction of sp³-hybridized carbons (Fsp3) is 0.857. The summed E-state index contributed by atoms with van der Waals surface area (Å²) in [7, 11) is -3.24. The Morgan fingerprint density at radius 2 is 1.59 bits per heavy atom. The predicted octanol–water partition coefficient (Wildman–Crippen LogP) is -1.03. The summed E-state index contributed by atoms with van der Waals surface area (Å²) < 4.78 is 24.1. The highest BCUT2D eigenvalue weighted by molar-refractivity contribution is 7.91. The first-order valence-corrected chi connectivity index (χ1v) is 9.58. The predicted molar refractivity (Wildman–Crippen MR) is 80.6 cm³/mol. The molecular formula is C14H23N3O4S. The molecule has 2 heterocycles. The van der Waals surface area contributed by atoms with Crippen molar-refractivity contribution in [3.63, 3.8) is 0 Å². The smallest absolute Gasteiger partial charge is 0.243 e. The molecule has 1 saturated carbocycles. The summed E-state index contributed by atoms with van der Waals surface area (Å²) >= 11 is 0. The van der Waals surface area contributed by atoms with Gasteiger partial charge in [0.1, 0.15) is 0 Å². The Morgan fingerprint density at radius 1 is 1.09 bits per heavy atom. The molecular weight excluding hydrogens is 306 g/mol. The number of hydrogen-bond acceptors (Lipinski definition) is 5. The van der Waals surface area contributed by atoms with Crippen molar-refractivity contribution in [2.75, 3.05) is 24.6 Å². The minimum Gasteiger partial charge on any atom is -0.335 e. The van der Waals surface area contributed by atoms with E-state index in [-0.39, 0.29) is 29.2 Å². The number of nitrogens with zero attached hydrogens (tertiary/aromatic N) is 2. The molecule has 2 atom stereocenters. The summed E-state index contributed by atoms with van der Waals surface area (Å²) in [4.78, 5) is 28.2. The van der Waals surface area contributed by atoms with Gasteiger partial charge in [-0.25, -0.2) is 8.42 Å². The summed E-state index contributed by atoms with van der Waals surface area (Å²) in [6.07, 6.45) is 1.31. The molecule has 2 aliphatic heterocycles. The van der Waals surface area contributed by atoms with Crippen LogP contribution in [0.25, 0.3) is 0 Å². The van der Waals surface area contributed by atoms with Gasteiger partial charge in [0.2, 0.25) is 11.8 Å². The monoisotopic (exact) mass is 329 g/mol. The lowest BCUT2D eigenvalue weighted by Gasteiger charge is -2.45. The molecule has 7 nitrogen and oxygen atoms in total. The zero-order valence-electron chi connectivity index (χ0n) is 13.0. The SMILES string of the molecule is CC(C)C(=O)N1CCN(C(=O)C2(N)CC2)[C@@H]2CS(=O)(=O)C[C@@H]21. The van der Waals surface area contributed by atoms with E-state index in [1.165, 1.54) is 0 Å². The van der Waals surface area contributed by atoms with E-state index in [9.17, 15) is 18.0 Å². The van der Waals surface area contributed by atoms with Crippen molar-refractivity contribution in [2.45, 2.75) is 44.3 Å². The summed E-state index contributed by atoms with van der Waals surface area (Å²) in [5, 5.41) is 0. The molecule has 0 bridgehead atoms. The summed E-state index contributed by atoms with van der Waals surface area (Å²) in [5.74, 6) is -0.515. The van der Waals surface area contributed by atoms with Crippen molar-refractivity contribution in [1.29, 1.82) is 0 Å². The lowest BCUT2D eigenvalue weighted by atomic mass is 10.0. The molecule has 0 aromatic rings. The Balaban J connectivity index is 1.87. The number of piperazine rings is 1. The second-order valence-corrected chi connectivity index (χ2v) is 9.21. The Morgan fingerprint density at radius 3 is 2.09 bits per heavy atom. The van der Waals surface area contributed by atoms with Crippen LogP contribution in [-0.2, 0) is 19.4 Å². The second kappa shape index (κ2) is 4.92. The normalized spacial score (nSPS) is 32.0. The Hall–Kier alpha value is -1.15. The van der Waals surface area contributed by atoms with E-state index in [1.807, 2.05) is 0 Å². The minimum absolute atomic E-state index is 0.0481. The van der Waals surface area contributed by atoms with Crippen molar-refractivity contribution in [1.82, 2.24) is 9.80 Å². The molecule has 3 aliphatic rings. The molecule has 0 aromatic carbocycles. The molecule has 3 rings (SSSR count). The van der Waals surface area contributed by atoms with Crippen molar-refractivity contribution in [2.24, 2.45) is 11.7 Å². The zero-order chi connectivity index (χ0) is 16.3. The van der Waals surface area contributed by atoms with Crippen LogP contribution in [0, 0.1) is 5.92 Å². The third kappa shape index (κ3) is 2.52. The lowest BCUT2D eigenvalue weighted by molar-refractivity contribution is -0.148. The zero-order valence-corrected chi connectivity index (χ0v) is 13.8. The second-order valence-electron chi connectivity index (χ2n) is 7.05. The average molecular weight is 329 g/mol. The molecule has 0 unspecified atom stereocenters. The van der Waals surface area contributed by atoms with Crippen LogP contribution in [0.3, 0.4) is 0 Å². The Bertz CT molecular complexity index is 612. The number of sulfone groups is 1. The fourth-order valence-electron chi connectivity index (χ4n) is 3.44. The van der Waals surface area contributed by atoms with Crippen LogP contribution in [0.4, 0.5) is 0 Å². The van der Waals surface area contributed by atoms with E-state index in [0.717, 1.165) is 0 Å². The molecule has 0 radical (unpaired) electrons. The maximum Gasteiger partial charge on any atom is 0.243 e. The minimum atomic E-state index is -3.24. The number of amides is 2. The van der Waals surface area contributed by atoms with Crippen molar-refractivity contribution in [3.05, 3.63) is 0 Å². The van der Waals surface area contributed by atoms with Gasteiger partial charge >= 0.3 is 0 Å². The van der Waals surface area contributed by atoms with Gasteiger partial charge in [-0.15, -0.1) is 0 Å². The maximum atomic E-state index is 12.5. The summed E-state index contributed by atoms with van der Waals surface area (Å²) in [6, 6.07) is -0.880. The van der Waals surface area contributed by atoms with Crippen molar-refractivity contribution in [3.8, 4) is 0 Å². The van der Waals surface area contributed by atoms with Crippen LogP contribution >= 0.6 is 0 Å². The molecule has 22 heavy (non-hydrogen) atoms. The molecule has 3 fully saturated rings. The Kier molecular flexibility index (Phi) is 3.52. The first kappa shape index (κ1) is 15.7. The largest absolute Gasteiger partial charge is 0.335 e. The number of carbonyl (C=O) groups is 2. The molecule has 2 N–H and O–H groups in total. The first-order valence-electron chi connectivity index (χ1n) is 7.75. The third-order valence-corrected chi connectivity index (χ3v) is 6.63. The van der Waals surface area contributed by atoms with Crippen molar-refractivity contribution < 1.29 is 18.0 Å². The van der Waals surface area contributed by atoms with E-state index >= 15 is 0 Å². The van der Waals surface area contributed by atoms with Crippen LogP contribution in [0.1, 0.15) is 26.7 Å². The van der Waals surface area contributed by atoms with E-state index in [1.54, 1.807) is 23.6 Å². The fourth-order valence-corrected chi connectivity index (χ4v) is 5.43. The van der Waals surface area contributed by atoms with Crippen LogP contribution in [0.2, 0.25) is 0 Å². The highest BCUT2D eigenvalue weighted by Crippen LogP contribution is 2.37.